The number of amides is 2. The maximum atomic E-state index is 14.0. The standard InChI is InChI=1S/C21H23FN2O3S/c22-16-9-3-1-7-14(16)19(25)24-21-18(15-8-2-4-10-17(15)28-21)20(26)23-12-13-6-5-11-27-13/h1,3,7,9,13H,2,4-6,8,10-12H2,(H,23,26)(H,24,25)/t13-/m0/s1. The van der Waals surface area contributed by atoms with Crippen molar-refractivity contribution in [3.05, 3.63) is 51.7 Å². The molecule has 1 aromatic carbocycles. The summed E-state index contributed by atoms with van der Waals surface area (Å²) >= 11 is 1.43. The zero-order valence-corrected chi connectivity index (χ0v) is 16.4. The molecule has 148 valence electrons. The first-order valence-electron chi connectivity index (χ1n) is 9.73. The minimum absolute atomic E-state index is 0.0282. The topological polar surface area (TPSA) is 67.4 Å². The molecule has 0 bridgehead atoms. The number of carbonyl (C=O) groups is 2. The number of rotatable bonds is 5. The summed E-state index contributed by atoms with van der Waals surface area (Å²) in [6, 6.07) is 5.85. The molecule has 0 saturated carbocycles. The van der Waals surface area contributed by atoms with Crippen molar-refractivity contribution in [3.63, 3.8) is 0 Å². The molecule has 1 aliphatic heterocycles. The van der Waals surface area contributed by atoms with E-state index in [0.29, 0.717) is 17.1 Å². The number of hydrogen-bond donors (Lipinski definition) is 2. The van der Waals surface area contributed by atoms with Gasteiger partial charge in [0.25, 0.3) is 11.8 Å². The number of aryl methyl sites for hydroxylation is 1. The van der Waals surface area contributed by atoms with E-state index in [0.717, 1.165) is 55.6 Å². The van der Waals surface area contributed by atoms with Gasteiger partial charge in [-0.15, -0.1) is 11.3 Å². The Balaban J connectivity index is 1.57. The third-order valence-electron chi connectivity index (χ3n) is 5.26. The quantitative estimate of drug-likeness (QED) is 0.796. The molecular formula is C21H23FN2O3S. The second-order valence-corrected chi connectivity index (χ2v) is 8.30. The lowest BCUT2D eigenvalue weighted by Gasteiger charge is -2.15. The molecule has 1 saturated heterocycles. The average Bonchev–Trinajstić information content (AvgIpc) is 3.33. The molecule has 4 rings (SSSR count). The monoisotopic (exact) mass is 402 g/mol. The predicted molar refractivity (Wildman–Crippen MR) is 107 cm³/mol. The Morgan fingerprint density at radius 3 is 2.75 bits per heavy atom. The molecule has 0 unspecified atom stereocenters. The molecule has 1 aliphatic carbocycles. The lowest BCUT2D eigenvalue weighted by atomic mass is 9.95. The van der Waals surface area contributed by atoms with Gasteiger partial charge in [-0.05, 0) is 56.2 Å². The first-order chi connectivity index (χ1) is 13.6. The van der Waals surface area contributed by atoms with Gasteiger partial charge in [-0.25, -0.2) is 4.39 Å². The molecule has 0 radical (unpaired) electrons. The molecular weight excluding hydrogens is 379 g/mol. The van der Waals surface area contributed by atoms with Crippen molar-refractivity contribution in [1.29, 1.82) is 0 Å². The Kier molecular flexibility index (Phi) is 5.73. The second kappa shape index (κ2) is 8.41. The molecule has 7 heteroatoms. The van der Waals surface area contributed by atoms with E-state index in [1.54, 1.807) is 12.1 Å². The van der Waals surface area contributed by atoms with E-state index in [4.69, 9.17) is 4.74 Å². The fourth-order valence-electron chi connectivity index (χ4n) is 3.81. The Hall–Kier alpha value is -2.25. The number of carbonyl (C=O) groups excluding carboxylic acids is 2. The van der Waals surface area contributed by atoms with Gasteiger partial charge in [0.1, 0.15) is 10.8 Å². The number of fused-ring (bicyclic) bond motifs is 1. The summed E-state index contributed by atoms with van der Waals surface area (Å²) in [6.45, 7) is 1.20. The van der Waals surface area contributed by atoms with E-state index in [2.05, 4.69) is 10.6 Å². The Bertz CT molecular complexity index is 890. The van der Waals surface area contributed by atoms with Crippen LogP contribution >= 0.6 is 11.3 Å². The van der Waals surface area contributed by atoms with Crippen LogP contribution in [0.1, 0.15) is 56.8 Å². The van der Waals surface area contributed by atoms with Gasteiger partial charge in [-0.3, -0.25) is 9.59 Å². The Labute approximate surface area is 167 Å². The van der Waals surface area contributed by atoms with Crippen molar-refractivity contribution < 1.29 is 18.7 Å². The molecule has 2 N–H and O–H groups in total. The SMILES string of the molecule is O=C(Nc1sc2c(c1C(=O)NC[C@@H]1CCCO1)CCCC2)c1ccccc1F. The van der Waals surface area contributed by atoms with Crippen LogP contribution in [0.5, 0.6) is 0 Å². The third-order valence-corrected chi connectivity index (χ3v) is 6.47. The molecule has 1 atom stereocenters. The van der Waals surface area contributed by atoms with Crippen molar-refractivity contribution in [1.82, 2.24) is 5.32 Å². The molecule has 5 nitrogen and oxygen atoms in total. The van der Waals surface area contributed by atoms with E-state index in [9.17, 15) is 14.0 Å². The van der Waals surface area contributed by atoms with Gasteiger partial charge in [-0.2, -0.15) is 0 Å². The number of anilines is 1. The fourth-order valence-corrected chi connectivity index (χ4v) is 5.09. The highest BCUT2D eigenvalue weighted by atomic mass is 32.1. The van der Waals surface area contributed by atoms with Crippen LogP contribution in [-0.4, -0.2) is 31.1 Å². The summed E-state index contributed by atoms with van der Waals surface area (Å²) in [6.07, 6.45) is 5.83. The maximum absolute atomic E-state index is 14.0. The molecule has 2 heterocycles. The van der Waals surface area contributed by atoms with Gasteiger partial charge < -0.3 is 15.4 Å². The number of nitrogens with one attached hydrogen (secondary N) is 2. The summed E-state index contributed by atoms with van der Waals surface area (Å²) < 4.78 is 19.5. The van der Waals surface area contributed by atoms with Crippen LogP contribution in [0, 0.1) is 5.82 Å². The zero-order valence-electron chi connectivity index (χ0n) is 15.6. The molecule has 2 aliphatic rings. The first kappa shape index (κ1) is 19.1. The van der Waals surface area contributed by atoms with E-state index < -0.39 is 11.7 Å². The summed E-state index contributed by atoms with van der Waals surface area (Å²) in [4.78, 5) is 26.7. The maximum Gasteiger partial charge on any atom is 0.259 e. The highest BCUT2D eigenvalue weighted by Gasteiger charge is 2.27. The number of benzene rings is 1. The third kappa shape index (κ3) is 3.95. The number of thiophene rings is 1. The summed E-state index contributed by atoms with van der Waals surface area (Å²) in [7, 11) is 0. The van der Waals surface area contributed by atoms with E-state index in [1.165, 1.54) is 23.5 Å². The highest BCUT2D eigenvalue weighted by Crippen LogP contribution is 2.38. The van der Waals surface area contributed by atoms with Gasteiger partial charge in [0.15, 0.2) is 0 Å². The molecule has 2 aromatic rings. The van der Waals surface area contributed by atoms with Crippen LogP contribution in [0.2, 0.25) is 0 Å². The molecule has 2 amide bonds. The van der Waals surface area contributed by atoms with Crippen molar-refractivity contribution in [2.75, 3.05) is 18.5 Å². The summed E-state index contributed by atoms with van der Waals surface area (Å²) in [5, 5.41) is 6.25. The largest absolute Gasteiger partial charge is 0.376 e. The van der Waals surface area contributed by atoms with Crippen LogP contribution < -0.4 is 10.6 Å². The molecule has 1 fully saturated rings. The highest BCUT2D eigenvalue weighted by molar-refractivity contribution is 7.17. The lowest BCUT2D eigenvalue weighted by Crippen LogP contribution is -2.32. The van der Waals surface area contributed by atoms with Gasteiger partial charge in [-0.1, -0.05) is 12.1 Å². The van der Waals surface area contributed by atoms with Crippen molar-refractivity contribution in [2.24, 2.45) is 0 Å². The minimum atomic E-state index is -0.578. The van der Waals surface area contributed by atoms with E-state index in [1.807, 2.05) is 0 Å². The lowest BCUT2D eigenvalue weighted by molar-refractivity contribution is 0.0858. The van der Waals surface area contributed by atoms with Gasteiger partial charge >= 0.3 is 0 Å². The molecule has 28 heavy (non-hydrogen) atoms. The fraction of sp³-hybridized carbons (Fsp3) is 0.429. The molecule has 1 aromatic heterocycles. The normalized spacial score (nSPS) is 18.5. The summed E-state index contributed by atoms with van der Waals surface area (Å²) in [5.41, 5.74) is 1.52. The van der Waals surface area contributed by atoms with Crippen LogP contribution in [0.3, 0.4) is 0 Å². The van der Waals surface area contributed by atoms with Crippen molar-refractivity contribution >= 4 is 28.2 Å². The number of halogens is 1. The first-order valence-corrected chi connectivity index (χ1v) is 10.6. The zero-order chi connectivity index (χ0) is 19.5. The Morgan fingerprint density at radius 2 is 1.96 bits per heavy atom. The van der Waals surface area contributed by atoms with E-state index >= 15 is 0 Å². The predicted octanol–water partition coefficient (Wildman–Crippen LogP) is 3.93. The number of ether oxygens (including phenoxy) is 1. The Morgan fingerprint density at radius 1 is 1.14 bits per heavy atom. The van der Waals surface area contributed by atoms with Crippen LogP contribution in [-0.2, 0) is 17.6 Å². The van der Waals surface area contributed by atoms with E-state index in [-0.39, 0.29) is 17.6 Å². The van der Waals surface area contributed by atoms with Gasteiger partial charge in [0.05, 0.1) is 17.2 Å². The summed E-state index contributed by atoms with van der Waals surface area (Å²) in [5.74, 6) is -1.31. The number of hydrogen-bond acceptors (Lipinski definition) is 4. The van der Waals surface area contributed by atoms with Crippen molar-refractivity contribution in [3.8, 4) is 0 Å². The smallest absolute Gasteiger partial charge is 0.259 e. The van der Waals surface area contributed by atoms with Crippen LogP contribution in [0.25, 0.3) is 0 Å². The second-order valence-electron chi connectivity index (χ2n) is 7.19. The minimum Gasteiger partial charge on any atom is -0.376 e. The van der Waals surface area contributed by atoms with Crippen LogP contribution in [0.4, 0.5) is 9.39 Å². The van der Waals surface area contributed by atoms with Crippen LogP contribution in [0.15, 0.2) is 24.3 Å². The average molecular weight is 402 g/mol. The van der Waals surface area contributed by atoms with Crippen molar-refractivity contribution in [2.45, 2.75) is 44.6 Å². The van der Waals surface area contributed by atoms with Gasteiger partial charge in [0, 0.05) is 18.0 Å². The van der Waals surface area contributed by atoms with Gasteiger partial charge in [0.2, 0.25) is 0 Å². The molecule has 0 spiro atoms.